The highest BCUT2D eigenvalue weighted by atomic mass is 79.9. The van der Waals surface area contributed by atoms with Crippen LogP contribution in [0.1, 0.15) is 5.56 Å². The second-order valence-corrected chi connectivity index (χ2v) is 4.13. The fourth-order valence-corrected chi connectivity index (χ4v) is 1.64. The summed E-state index contributed by atoms with van der Waals surface area (Å²) in [5.74, 6) is 0.123. The van der Waals surface area contributed by atoms with Gasteiger partial charge in [-0.2, -0.15) is 0 Å². The molecule has 0 bridgehead atoms. The zero-order chi connectivity index (χ0) is 12.3. The minimum absolute atomic E-state index is 0.123. The van der Waals surface area contributed by atoms with Gasteiger partial charge in [0, 0.05) is 19.0 Å². The minimum Gasteiger partial charge on any atom is -0.326 e. The van der Waals surface area contributed by atoms with Gasteiger partial charge in [-0.25, -0.2) is 20.1 Å². The molecule has 17 heavy (non-hydrogen) atoms. The third kappa shape index (κ3) is 3.06. The molecule has 0 N–H and O–H groups in total. The molecular weight excluding hydrogens is 290 g/mol. The van der Waals surface area contributed by atoms with E-state index in [4.69, 9.17) is 0 Å². The van der Waals surface area contributed by atoms with Gasteiger partial charge in [-0.3, -0.25) is 0 Å². The number of aliphatic imine (C=N–C) groups is 1. The van der Waals surface area contributed by atoms with Gasteiger partial charge in [0.2, 0.25) is 0 Å². The Morgan fingerprint density at radius 3 is 3.06 bits per heavy atom. The van der Waals surface area contributed by atoms with Gasteiger partial charge in [0.05, 0.1) is 6.54 Å². The van der Waals surface area contributed by atoms with Crippen LogP contribution in [0.3, 0.4) is 0 Å². The van der Waals surface area contributed by atoms with Crippen LogP contribution in [0, 0.1) is 10.1 Å². The van der Waals surface area contributed by atoms with Gasteiger partial charge in [0.15, 0.2) is 5.03 Å². The smallest absolute Gasteiger partial charge is 0.297 e. The fraction of sp³-hybridized carbons (Fsp3) is 0.222. The second-order valence-electron chi connectivity index (χ2n) is 3.32. The molecule has 0 saturated heterocycles. The zero-order valence-corrected chi connectivity index (χ0v) is 10.2. The minimum atomic E-state index is -0.745. The molecule has 1 aliphatic rings. The highest BCUT2D eigenvalue weighted by Gasteiger charge is 2.18. The fourth-order valence-electron chi connectivity index (χ4n) is 1.40. The first-order valence-corrected chi connectivity index (χ1v) is 5.55. The summed E-state index contributed by atoms with van der Waals surface area (Å²) in [6.45, 7) is 1.01. The van der Waals surface area contributed by atoms with E-state index in [9.17, 15) is 10.1 Å². The lowest BCUT2D eigenvalue weighted by Crippen LogP contribution is -2.26. The van der Waals surface area contributed by atoms with E-state index in [1.807, 2.05) is 12.1 Å². The Kier molecular flexibility index (Phi) is 3.43. The number of nitrogens with zero attached hydrogens (tertiary/aromatic N) is 5. The SMILES string of the molecule is O=[N+]([O-])N=C1N=CCN1Cc1ccc(Br)nc1. The first-order valence-electron chi connectivity index (χ1n) is 4.76. The highest BCUT2D eigenvalue weighted by Crippen LogP contribution is 2.11. The summed E-state index contributed by atoms with van der Waals surface area (Å²) in [4.78, 5) is 19.9. The van der Waals surface area contributed by atoms with E-state index in [-0.39, 0.29) is 5.96 Å². The van der Waals surface area contributed by atoms with Crippen molar-refractivity contribution in [1.29, 1.82) is 0 Å². The molecule has 0 atom stereocenters. The Balaban J connectivity index is 2.09. The number of hydrogen-bond donors (Lipinski definition) is 0. The maximum atomic E-state index is 10.3. The zero-order valence-electron chi connectivity index (χ0n) is 8.65. The summed E-state index contributed by atoms with van der Waals surface area (Å²) in [6, 6.07) is 3.70. The average Bonchev–Trinajstić information content (AvgIpc) is 2.68. The largest absolute Gasteiger partial charge is 0.326 e. The van der Waals surface area contributed by atoms with Crippen LogP contribution in [0.15, 0.2) is 33.0 Å². The van der Waals surface area contributed by atoms with Gasteiger partial charge >= 0.3 is 0 Å². The number of aromatic nitrogens is 1. The average molecular weight is 298 g/mol. The van der Waals surface area contributed by atoms with Gasteiger partial charge in [-0.15, -0.1) is 0 Å². The van der Waals surface area contributed by atoms with Gasteiger partial charge in [-0.1, -0.05) is 6.07 Å². The van der Waals surface area contributed by atoms with Gasteiger partial charge in [0.25, 0.3) is 5.96 Å². The molecule has 0 unspecified atom stereocenters. The molecule has 8 heteroatoms. The van der Waals surface area contributed by atoms with Crippen molar-refractivity contribution in [1.82, 2.24) is 9.88 Å². The van der Waals surface area contributed by atoms with Crippen molar-refractivity contribution in [2.75, 3.05) is 6.54 Å². The molecule has 88 valence electrons. The van der Waals surface area contributed by atoms with Crippen LogP contribution in [0.25, 0.3) is 0 Å². The van der Waals surface area contributed by atoms with Crippen LogP contribution < -0.4 is 0 Å². The maximum Gasteiger partial charge on any atom is 0.297 e. The van der Waals surface area contributed by atoms with E-state index in [1.165, 1.54) is 0 Å². The standard InChI is InChI=1S/C9H8BrN5O2/c10-8-2-1-7(5-12-8)6-14-4-3-11-9(14)13-15(16)17/h1-3,5H,4,6H2. The van der Waals surface area contributed by atoms with Gasteiger partial charge in [0.1, 0.15) is 9.70 Å². The highest BCUT2D eigenvalue weighted by molar-refractivity contribution is 9.10. The van der Waals surface area contributed by atoms with E-state index in [2.05, 4.69) is 31.0 Å². The molecule has 0 fully saturated rings. The van der Waals surface area contributed by atoms with Crippen molar-refractivity contribution in [3.63, 3.8) is 0 Å². The van der Waals surface area contributed by atoms with Crippen LogP contribution in [-0.4, -0.2) is 33.6 Å². The van der Waals surface area contributed by atoms with Crippen LogP contribution in [0.5, 0.6) is 0 Å². The Bertz CT molecular complexity index is 485. The molecule has 1 aromatic rings. The quantitative estimate of drug-likeness (QED) is 0.478. The van der Waals surface area contributed by atoms with E-state index >= 15 is 0 Å². The Hall–Kier alpha value is -1.83. The third-order valence-electron chi connectivity index (χ3n) is 2.12. The summed E-state index contributed by atoms with van der Waals surface area (Å²) >= 11 is 3.24. The van der Waals surface area contributed by atoms with Crippen LogP contribution in [-0.2, 0) is 6.54 Å². The Morgan fingerprint density at radius 1 is 1.59 bits per heavy atom. The molecular formula is C9H8BrN5O2. The maximum absolute atomic E-state index is 10.3. The summed E-state index contributed by atoms with van der Waals surface area (Å²) in [7, 11) is 0. The number of nitro groups is 1. The summed E-state index contributed by atoms with van der Waals surface area (Å²) in [6.07, 6.45) is 3.29. The first-order chi connectivity index (χ1) is 8.15. The van der Waals surface area contributed by atoms with Gasteiger partial charge < -0.3 is 4.90 Å². The van der Waals surface area contributed by atoms with Crippen LogP contribution >= 0.6 is 15.9 Å². The summed E-state index contributed by atoms with van der Waals surface area (Å²) in [5, 5.41) is 12.8. The molecule has 0 radical (unpaired) electrons. The van der Waals surface area contributed by atoms with E-state index in [1.54, 1.807) is 17.3 Å². The van der Waals surface area contributed by atoms with E-state index < -0.39 is 5.03 Å². The summed E-state index contributed by atoms with van der Waals surface area (Å²) < 4.78 is 0.748. The van der Waals surface area contributed by atoms with Gasteiger partial charge in [-0.05, 0) is 27.6 Å². The molecule has 0 aliphatic carbocycles. The van der Waals surface area contributed by atoms with Crippen molar-refractivity contribution in [2.24, 2.45) is 10.1 Å². The van der Waals surface area contributed by atoms with Crippen molar-refractivity contribution in [3.05, 3.63) is 38.6 Å². The molecule has 0 saturated carbocycles. The second kappa shape index (κ2) is 5.00. The molecule has 0 aromatic carbocycles. The molecule has 7 nitrogen and oxygen atoms in total. The molecule has 0 amide bonds. The van der Waals surface area contributed by atoms with Crippen molar-refractivity contribution in [2.45, 2.75) is 6.54 Å². The number of halogens is 1. The topological polar surface area (TPSA) is 84.0 Å². The molecule has 0 spiro atoms. The number of rotatable bonds is 3. The van der Waals surface area contributed by atoms with Crippen LogP contribution in [0.2, 0.25) is 0 Å². The predicted octanol–water partition coefficient (Wildman–Crippen LogP) is 1.28. The van der Waals surface area contributed by atoms with E-state index in [0.717, 1.165) is 10.2 Å². The Labute approximate surface area is 105 Å². The molecule has 2 rings (SSSR count). The Morgan fingerprint density at radius 2 is 2.41 bits per heavy atom. The normalized spacial score (nSPS) is 16.8. The number of guanidine groups is 1. The molecule has 1 aromatic heterocycles. The lowest BCUT2D eigenvalue weighted by Gasteiger charge is -2.14. The van der Waals surface area contributed by atoms with Crippen LogP contribution in [0.4, 0.5) is 0 Å². The van der Waals surface area contributed by atoms with Crippen molar-refractivity contribution < 1.29 is 5.03 Å². The lowest BCUT2D eigenvalue weighted by atomic mass is 10.3. The summed E-state index contributed by atoms with van der Waals surface area (Å²) in [5.41, 5.74) is 0.940. The third-order valence-corrected chi connectivity index (χ3v) is 2.59. The van der Waals surface area contributed by atoms with E-state index in [0.29, 0.717) is 13.1 Å². The first kappa shape index (κ1) is 11.6. The molecule has 2 heterocycles. The lowest BCUT2D eigenvalue weighted by molar-refractivity contribution is -0.485. The predicted molar refractivity (Wildman–Crippen MR) is 65.3 cm³/mol. The monoisotopic (exact) mass is 297 g/mol. The molecule has 1 aliphatic heterocycles. The number of pyridine rings is 1. The number of hydrazone groups is 1. The van der Waals surface area contributed by atoms with Crippen molar-refractivity contribution >= 4 is 28.1 Å². The number of hydrogen-bond acceptors (Lipinski definition) is 3. The van der Waals surface area contributed by atoms with Crippen molar-refractivity contribution in [3.8, 4) is 0 Å².